The van der Waals surface area contributed by atoms with Crippen LogP contribution in [0.3, 0.4) is 0 Å². The summed E-state index contributed by atoms with van der Waals surface area (Å²) < 4.78 is 12.9. The number of nitro benzene ring substituents is 1. The Hall–Kier alpha value is -2.76. The molecule has 0 aliphatic heterocycles. The van der Waals surface area contributed by atoms with E-state index >= 15 is 0 Å². The van der Waals surface area contributed by atoms with E-state index in [-0.39, 0.29) is 16.8 Å². The number of nitro groups is 1. The molecule has 0 bridgehead atoms. The lowest BCUT2D eigenvalue weighted by Gasteiger charge is -2.06. The van der Waals surface area contributed by atoms with Crippen molar-refractivity contribution >= 4 is 11.6 Å². The zero-order chi connectivity index (χ0) is 14.0. The van der Waals surface area contributed by atoms with Crippen LogP contribution in [0.1, 0.15) is 10.4 Å². The smallest absolute Gasteiger partial charge is 0.289 e. The molecule has 2 N–H and O–H groups in total. The van der Waals surface area contributed by atoms with E-state index in [9.17, 15) is 19.3 Å². The first-order chi connectivity index (χ1) is 9.00. The molecule has 2 aromatic carbocycles. The van der Waals surface area contributed by atoms with E-state index in [1.807, 2.05) is 0 Å². The number of halogens is 1. The molecule has 0 spiro atoms. The second kappa shape index (κ2) is 4.85. The van der Waals surface area contributed by atoms with Crippen LogP contribution in [0.2, 0.25) is 0 Å². The Labute approximate surface area is 107 Å². The highest BCUT2D eigenvalue weighted by molar-refractivity contribution is 6.00. The number of primary amides is 1. The van der Waals surface area contributed by atoms with Crippen LogP contribution in [-0.4, -0.2) is 10.8 Å². The molecule has 96 valence electrons. The van der Waals surface area contributed by atoms with Crippen molar-refractivity contribution in [1.82, 2.24) is 0 Å². The molecule has 0 aromatic heterocycles. The maximum absolute atomic E-state index is 12.9. The SMILES string of the molecule is NC(=O)c1cccc(-c2ccc(F)cc2)c1[N+](=O)[O-]. The number of nitrogens with zero attached hydrogens (tertiary/aromatic N) is 1. The molecule has 0 saturated heterocycles. The van der Waals surface area contributed by atoms with Gasteiger partial charge in [-0.1, -0.05) is 18.2 Å². The summed E-state index contributed by atoms with van der Waals surface area (Å²) in [4.78, 5) is 21.7. The first-order valence-electron chi connectivity index (χ1n) is 5.34. The van der Waals surface area contributed by atoms with Gasteiger partial charge in [-0.3, -0.25) is 14.9 Å². The van der Waals surface area contributed by atoms with Crippen molar-refractivity contribution < 1.29 is 14.1 Å². The number of carbonyl (C=O) groups is 1. The first-order valence-corrected chi connectivity index (χ1v) is 5.34. The van der Waals surface area contributed by atoms with Crippen molar-refractivity contribution in [1.29, 1.82) is 0 Å². The minimum atomic E-state index is -0.879. The highest BCUT2D eigenvalue weighted by Crippen LogP contribution is 2.32. The third-order valence-corrected chi connectivity index (χ3v) is 2.64. The normalized spacial score (nSPS) is 10.2. The lowest BCUT2D eigenvalue weighted by molar-refractivity contribution is -0.384. The summed E-state index contributed by atoms with van der Waals surface area (Å²) in [6, 6.07) is 9.45. The molecule has 0 heterocycles. The van der Waals surface area contributed by atoms with Gasteiger partial charge in [-0.25, -0.2) is 4.39 Å². The van der Waals surface area contributed by atoms with Gasteiger partial charge in [0.2, 0.25) is 0 Å². The molecule has 0 atom stereocenters. The fourth-order valence-corrected chi connectivity index (χ4v) is 1.80. The van der Waals surface area contributed by atoms with E-state index in [4.69, 9.17) is 5.73 Å². The first kappa shape index (κ1) is 12.7. The van der Waals surface area contributed by atoms with E-state index in [1.165, 1.54) is 42.5 Å². The number of rotatable bonds is 3. The Kier molecular flexibility index (Phi) is 3.24. The topological polar surface area (TPSA) is 86.2 Å². The molecule has 19 heavy (non-hydrogen) atoms. The molecule has 5 nitrogen and oxygen atoms in total. The predicted molar refractivity (Wildman–Crippen MR) is 67.0 cm³/mol. The second-order valence-corrected chi connectivity index (χ2v) is 3.83. The van der Waals surface area contributed by atoms with Crippen LogP contribution in [0.5, 0.6) is 0 Å². The zero-order valence-electron chi connectivity index (χ0n) is 9.67. The summed E-state index contributed by atoms with van der Waals surface area (Å²) in [5.41, 5.74) is 5.24. The Bertz CT molecular complexity index is 653. The van der Waals surface area contributed by atoms with Crippen molar-refractivity contribution in [3.63, 3.8) is 0 Å². The molecule has 2 aromatic rings. The van der Waals surface area contributed by atoms with Gasteiger partial charge >= 0.3 is 0 Å². The van der Waals surface area contributed by atoms with Gasteiger partial charge in [0.05, 0.1) is 10.5 Å². The Morgan fingerprint density at radius 3 is 2.32 bits per heavy atom. The molecule has 0 saturated carbocycles. The number of benzene rings is 2. The van der Waals surface area contributed by atoms with Crippen molar-refractivity contribution in [3.05, 3.63) is 64.0 Å². The van der Waals surface area contributed by atoms with Gasteiger partial charge in [-0.05, 0) is 29.8 Å². The molecule has 0 aliphatic rings. The van der Waals surface area contributed by atoms with Crippen molar-refractivity contribution in [3.8, 4) is 11.1 Å². The molecule has 0 aliphatic carbocycles. The van der Waals surface area contributed by atoms with E-state index < -0.39 is 16.6 Å². The molecular weight excluding hydrogens is 251 g/mol. The van der Waals surface area contributed by atoms with Crippen LogP contribution in [0.4, 0.5) is 10.1 Å². The average Bonchev–Trinajstić information content (AvgIpc) is 2.38. The van der Waals surface area contributed by atoms with Crippen LogP contribution in [0.25, 0.3) is 11.1 Å². The summed E-state index contributed by atoms with van der Waals surface area (Å²) in [5, 5.41) is 11.1. The second-order valence-electron chi connectivity index (χ2n) is 3.83. The summed E-state index contributed by atoms with van der Waals surface area (Å²) in [7, 11) is 0. The van der Waals surface area contributed by atoms with E-state index in [0.717, 1.165) is 0 Å². The highest BCUT2D eigenvalue weighted by Gasteiger charge is 2.23. The minimum absolute atomic E-state index is 0.174. The largest absolute Gasteiger partial charge is 0.365 e. The number of amides is 1. The molecular formula is C13H9FN2O3. The van der Waals surface area contributed by atoms with Gasteiger partial charge in [0.25, 0.3) is 11.6 Å². The van der Waals surface area contributed by atoms with Crippen LogP contribution >= 0.6 is 0 Å². The monoisotopic (exact) mass is 260 g/mol. The predicted octanol–water partition coefficient (Wildman–Crippen LogP) is 2.50. The number of para-hydroxylation sites is 1. The van der Waals surface area contributed by atoms with Crippen LogP contribution in [0.15, 0.2) is 42.5 Å². The van der Waals surface area contributed by atoms with E-state index in [2.05, 4.69) is 0 Å². The van der Waals surface area contributed by atoms with Crippen LogP contribution < -0.4 is 5.73 Å². The van der Waals surface area contributed by atoms with Gasteiger partial charge in [0.15, 0.2) is 0 Å². The molecule has 0 fully saturated rings. The molecule has 0 radical (unpaired) electrons. The standard InChI is InChI=1S/C13H9FN2O3/c14-9-6-4-8(5-7-9)10-2-1-3-11(13(15)17)12(10)16(18)19/h1-7H,(H2,15,17). The van der Waals surface area contributed by atoms with Crippen LogP contribution in [0, 0.1) is 15.9 Å². The summed E-state index contributed by atoms with van der Waals surface area (Å²) in [6.07, 6.45) is 0. The van der Waals surface area contributed by atoms with Crippen molar-refractivity contribution in [2.24, 2.45) is 5.73 Å². The quantitative estimate of drug-likeness (QED) is 0.679. The molecule has 0 unspecified atom stereocenters. The maximum atomic E-state index is 12.9. The Morgan fingerprint density at radius 2 is 1.79 bits per heavy atom. The Morgan fingerprint density at radius 1 is 1.16 bits per heavy atom. The average molecular weight is 260 g/mol. The van der Waals surface area contributed by atoms with E-state index in [1.54, 1.807) is 0 Å². The lowest BCUT2D eigenvalue weighted by Crippen LogP contribution is -2.13. The van der Waals surface area contributed by atoms with Gasteiger partial charge < -0.3 is 5.73 Å². The number of hydrogen-bond donors (Lipinski definition) is 1. The van der Waals surface area contributed by atoms with Gasteiger partial charge in [0.1, 0.15) is 11.4 Å². The van der Waals surface area contributed by atoms with Gasteiger partial charge in [-0.15, -0.1) is 0 Å². The fraction of sp³-hybridized carbons (Fsp3) is 0. The Balaban J connectivity index is 2.69. The van der Waals surface area contributed by atoms with E-state index in [0.29, 0.717) is 5.56 Å². The summed E-state index contributed by atoms with van der Waals surface area (Å²) >= 11 is 0. The van der Waals surface area contributed by atoms with Crippen molar-refractivity contribution in [2.75, 3.05) is 0 Å². The van der Waals surface area contributed by atoms with Gasteiger partial charge in [-0.2, -0.15) is 0 Å². The third kappa shape index (κ3) is 2.42. The molecule has 2 rings (SSSR count). The number of hydrogen-bond acceptors (Lipinski definition) is 3. The number of carbonyl (C=O) groups excluding carboxylic acids is 1. The minimum Gasteiger partial charge on any atom is -0.365 e. The zero-order valence-corrected chi connectivity index (χ0v) is 9.67. The number of nitrogens with two attached hydrogens (primary N) is 1. The highest BCUT2D eigenvalue weighted by atomic mass is 19.1. The summed E-state index contributed by atoms with van der Waals surface area (Å²) in [5.74, 6) is -1.33. The fourth-order valence-electron chi connectivity index (χ4n) is 1.80. The van der Waals surface area contributed by atoms with Gasteiger partial charge in [0, 0.05) is 0 Å². The third-order valence-electron chi connectivity index (χ3n) is 2.64. The molecule has 6 heteroatoms. The molecule has 1 amide bonds. The van der Waals surface area contributed by atoms with Crippen LogP contribution in [-0.2, 0) is 0 Å². The summed E-state index contributed by atoms with van der Waals surface area (Å²) in [6.45, 7) is 0. The van der Waals surface area contributed by atoms with Crippen molar-refractivity contribution in [2.45, 2.75) is 0 Å². The maximum Gasteiger partial charge on any atom is 0.289 e. The lowest BCUT2D eigenvalue weighted by atomic mass is 10.00.